The zero-order valence-corrected chi connectivity index (χ0v) is 19.3. The minimum atomic E-state index is -4.49. The second-order valence-corrected chi connectivity index (χ2v) is 9.05. The first kappa shape index (κ1) is 23.2. The number of nitrogen functional groups attached to an aromatic ring is 1. The summed E-state index contributed by atoms with van der Waals surface area (Å²) in [5, 5.41) is 2.81. The fourth-order valence-electron chi connectivity index (χ4n) is 4.73. The van der Waals surface area contributed by atoms with Crippen LogP contribution in [-0.2, 0) is 12.6 Å². The summed E-state index contributed by atoms with van der Waals surface area (Å²) in [5.41, 5.74) is 9.58. The van der Waals surface area contributed by atoms with Gasteiger partial charge in [0.05, 0.1) is 5.56 Å². The number of likely N-dealkylation sites (N-methyl/N-ethyl adjacent to an activating group) is 1. The summed E-state index contributed by atoms with van der Waals surface area (Å²) in [7, 11) is 1.97. The third kappa shape index (κ3) is 4.55. The van der Waals surface area contributed by atoms with Crippen LogP contribution in [0.5, 0.6) is 0 Å². The van der Waals surface area contributed by atoms with E-state index in [4.69, 9.17) is 5.73 Å². The molecule has 0 radical (unpaired) electrons. The largest absolute Gasteiger partial charge is 0.418 e. The number of fused-ring (bicyclic) bond motifs is 1. The molecule has 0 saturated carbocycles. The topological polar surface area (TPSA) is 74.5 Å². The quantitative estimate of drug-likeness (QED) is 0.591. The van der Waals surface area contributed by atoms with Crippen LogP contribution in [0, 0.1) is 0 Å². The Morgan fingerprint density at radius 3 is 2.43 bits per heavy atom. The molecule has 1 aromatic heterocycles. The summed E-state index contributed by atoms with van der Waals surface area (Å²) < 4.78 is 42.2. The molecule has 2 aliphatic rings. The monoisotopic (exact) mass is 481 g/mol. The van der Waals surface area contributed by atoms with E-state index in [0.29, 0.717) is 61.4 Å². The van der Waals surface area contributed by atoms with Crippen LogP contribution >= 0.6 is 0 Å². The molecule has 2 aromatic carbocycles. The summed E-state index contributed by atoms with van der Waals surface area (Å²) in [4.78, 5) is 20.2. The number of anilines is 2. The number of nitrogens with one attached hydrogen (secondary N) is 1. The van der Waals surface area contributed by atoms with Crippen molar-refractivity contribution in [3.63, 3.8) is 0 Å². The van der Waals surface area contributed by atoms with Crippen LogP contribution in [0.4, 0.5) is 24.7 Å². The van der Waals surface area contributed by atoms with Gasteiger partial charge in [-0.15, -0.1) is 0 Å². The average Bonchev–Trinajstić information content (AvgIpc) is 2.84. The summed E-state index contributed by atoms with van der Waals surface area (Å²) >= 11 is 0. The molecule has 2 aliphatic heterocycles. The Morgan fingerprint density at radius 1 is 0.943 bits per heavy atom. The number of amides is 1. The highest BCUT2D eigenvalue weighted by molar-refractivity contribution is 5.97. The molecule has 0 aliphatic carbocycles. The maximum absolute atomic E-state index is 14.1. The van der Waals surface area contributed by atoms with E-state index >= 15 is 0 Å². The molecular weight excluding hydrogens is 455 g/mol. The Morgan fingerprint density at radius 2 is 1.69 bits per heavy atom. The minimum absolute atomic E-state index is 0.113. The molecule has 0 unspecified atom stereocenters. The average molecular weight is 482 g/mol. The van der Waals surface area contributed by atoms with Crippen LogP contribution in [0.25, 0.3) is 22.3 Å². The van der Waals surface area contributed by atoms with E-state index in [1.807, 2.05) is 13.1 Å². The first-order chi connectivity index (χ1) is 16.7. The highest BCUT2D eigenvalue weighted by Gasteiger charge is 2.36. The summed E-state index contributed by atoms with van der Waals surface area (Å²) in [6.07, 6.45) is -2.29. The van der Waals surface area contributed by atoms with Gasteiger partial charge >= 0.3 is 6.18 Å². The standard InChI is InChI=1S/C26H26F3N5O/c1-33-8-10-34(11-9-33)23-5-3-16(14-22(23)26(27,28)29)19-13-21(24(30)32-15-19)17-2-4-20-18(12-17)6-7-31-25(20)35/h2-5,12-15H,6-11H2,1H3,(H2,30,32)(H,31,35). The Hall–Kier alpha value is -3.59. The van der Waals surface area contributed by atoms with Crippen molar-refractivity contribution in [2.24, 2.45) is 0 Å². The number of halogens is 3. The van der Waals surface area contributed by atoms with Gasteiger partial charge in [-0.1, -0.05) is 18.2 Å². The number of nitrogens with two attached hydrogens (primary N) is 1. The van der Waals surface area contributed by atoms with Crippen LogP contribution in [-0.4, -0.2) is 55.6 Å². The second kappa shape index (κ2) is 8.88. The van der Waals surface area contributed by atoms with E-state index < -0.39 is 11.7 Å². The third-order valence-electron chi connectivity index (χ3n) is 6.74. The minimum Gasteiger partial charge on any atom is -0.383 e. The van der Waals surface area contributed by atoms with Gasteiger partial charge in [-0.05, 0) is 54.4 Å². The predicted molar refractivity (Wildman–Crippen MR) is 130 cm³/mol. The number of alkyl halides is 3. The van der Waals surface area contributed by atoms with E-state index in [1.165, 1.54) is 12.3 Å². The Kier molecular flexibility index (Phi) is 5.88. The van der Waals surface area contributed by atoms with Crippen LogP contribution in [0.1, 0.15) is 21.5 Å². The fourth-order valence-corrected chi connectivity index (χ4v) is 4.73. The Labute approximate surface area is 201 Å². The maximum atomic E-state index is 14.1. The van der Waals surface area contributed by atoms with Crippen molar-refractivity contribution in [2.75, 3.05) is 50.4 Å². The van der Waals surface area contributed by atoms with Gasteiger partial charge in [-0.3, -0.25) is 4.79 Å². The molecule has 1 fully saturated rings. The number of piperazine rings is 1. The lowest BCUT2D eigenvalue weighted by atomic mass is 9.93. The van der Waals surface area contributed by atoms with Crippen LogP contribution in [0.2, 0.25) is 0 Å². The van der Waals surface area contributed by atoms with Gasteiger partial charge < -0.3 is 20.9 Å². The van der Waals surface area contributed by atoms with E-state index in [1.54, 1.807) is 35.2 Å². The molecule has 5 rings (SSSR count). The van der Waals surface area contributed by atoms with Crippen molar-refractivity contribution < 1.29 is 18.0 Å². The molecular formula is C26H26F3N5O. The fraction of sp³-hybridized carbons (Fsp3) is 0.308. The number of carbonyl (C=O) groups is 1. The van der Waals surface area contributed by atoms with Crippen molar-refractivity contribution in [1.29, 1.82) is 0 Å². The number of aromatic nitrogens is 1. The third-order valence-corrected chi connectivity index (χ3v) is 6.74. The second-order valence-electron chi connectivity index (χ2n) is 9.05. The van der Waals surface area contributed by atoms with E-state index in [-0.39, 0.29) is 17.4 Å². The molecule has 9 heteroatoms. The SMILES string of the molecule is CN1CCN(c2ccc(-c3cnc(N)c(-c4ccc5c(c4)CCNC5=O)c3)cc2C(F)(F)F)CC1. The molecule has 0 bridgehead atoms. The number of pyridine rings is 1. The van der Waals surface area contributed by atoms with Gasteiger partial charge in [0.25, 0.3) is 5.91 Å². The number of hydrogen-bond acceptors (Lipinski definition) is 5. The van der Waals surface area contributed by atoms with Crippen LogP contribution in [0.3, 0.4) is 0 Å². The van der Waals surface area contributed by atoms with E-state index in [9.17, 15) is 18.0 Å². The Bertz CT molecular complexity index is 1280. The number of rotatable bonds is 3. The summed E-state index contributed by atoms with van der Waals surface area (Å²) in [5.74, 6) is 0.164. The molecule has 1 amide bonds. The van der Waals surface area contributed by atoms with Gasteiger partial charge in [-0.25, -0.2) is 4.98 Å². The first-order valence-corrected chi connectivity index (χ1v) is 11.5. The van der Waals surface area contributed by atoms with E-state index in [2.05, 4.69) is 15.2 Å². The molecule has 6 nitrogen and oxygen atoms in total. The van der Waals surface area contributed by atoms with Gasteiger partial charge in [0.2, 0.25) is 0 Å². The van der Waals surface area contributed by atoms with Gasteiger partial charge in [0, 0.05) is 61.3 Å². The molecule has 3 N–H and O–H groups in total. The van der Waals surface area contributed by atoms with Crippen molar-refractivity contribution >= 4 is 17.4 Å². The van der Waals surface area contributed by atoms with Gasteiger partial charge in [0.1, 0.15) is 5.82 Å². The highest BCUT2D eigenvalue weighted by Crippen LogP contribution is 2.40. The summed E-state index contributed by atoms with van der Waals surface area (Å²) in [6.45, 7) is 3.08. The van der Waals surface area contributed by atoms with Crippen molar-refractivity contribution in [1.82, 2.24) is 15.2 Å². The molecule has 1 saturated heterocycles. The number of carbonyl (C=O) groups excluding carboxylic acids is 1. The molecule has 182 valence electrons. The predicted octanol–water partition coefficient (Wildman–Crippen LogP) is 4.05. The smallest absolute Gasteiger partial charge is 0.383 e. The van der Waals surface area contributed by atoms with Crippen LogP contribution in [0.15, 0.2) is 48.7 Å². The van der Waals surface area contributed by atoms with Crippen molar-refractivity contribution in [3.8, 4) is 22.3 Å². The lowest BCUT2D eigenvalue weighted by Gasteiger charge is -2.35. The highest BCUT2D eigenvalue weighted by atomic mass is 19.4. The summed E-state index contributed by atoms with van der Waals surface area (Å²) in [6, 6.07) is 11.7. The molecule has 3 heterocycles. The lowest BCUT2D eigenvalue weighted by Crippen LogP contribution is -2.45. The molecule has 0 spiro atoms. The molecule has 0 atom stereocenters. The number of nitrogens with zero attached hydrogens (tertiary/aromatic N) is 3. The van der Waals surface area contributed by atoms with Gasteiger partial charge in [-0.2, -0.15) is 13.2 Å². The van der Waals surface area contributed by atoms with Crippen molar-refractivity contribution in [3.05, 3.63) is 65.4 Å². The van der Waals surface area contributed by atoms with Crippen molar-refractivity contribution in [2.45, 2.75) is 12.6 Å². The lowest BCUT2D eigenvalue weighted by molar-refractivity contribution is -0.137. The number of hydrogen-bond donors (Lipinski definition) is 2. The van der Waals surface area contributed by atoms with Crippen LogP contribution < -0.4 is 16.0 Å². The Balaban J connectivity index is 1.53. The number of benzene rings is 2. The van der Waals surface area contributed by atoms with E-state index in [0.717, 1.165) is 11.1 Å². The molecule has 35 heavy (non-hydrogen) atoms. The maximum Gasteiger partial charge on any atom is 0.418 e. The zero-order valence-electron chi connectivity index (χ0n) is 19.3. The zero-order chi connectivity index (χ0) is 24.7. The normalized spacial score (nSPS) is 16.7. The first-order valence-electron chi connectivity index (χ1n) is 11.5. The van der Waals surface area contributed by atoms with Gasteiger partial charge in [0.15, 0.2) is 0 Å². The molecule has 3 aromatic rings.